The molecule has 2 rings (SSSR count). The van der Waals surface area contributed by atoms with Crippen LogP contribution in [-0.4, -0.2) is 29.3 Å². The fourth-order valence-corrected chi connectivity index (χ4v) is 1.47. The van der Waals surface area contributed by atoms with E-state index < -0.39 is 0 Å². The quantitative estimate of drug-likeness (QED) is 0.784. The molecule has 0 atom stereocenters. The lowest BCUT2D eigenvalue weighted by molar-refractivity contribution is 0.0235. The van der Waals surface area contributed by atoms with Crippen molar-refractivity contribution < 1.29 is 9.47 Å². The highest BCUT2D eigenvalue weighted by Gasteiger charge is 2.15. The molecule has 0 unspecified atom stereocenters. The zero-order valence-electron chi connectivity index (χ0n) is 8.56. The van der Waals surface area contributed by atoms with Crippen molar-refractivity contribution in [3.63, 3.8) is 0 Å². The first-order valence-corrected chi connectivity index (χ1v) is 5.14. The Hall–Kier alpha value is -1.20. The average molecular weight is 209 g/mol. The maximum absolute atomic E-state index is 5.66. The topological polar surface area (TPSA) is 70.3 Å². The number of rotatable bonds is 3. The molecule has 1 aliphatic heterocycles. The first kappa shape index (κ1) is 10.3. The van der Waals surface area contributed by atoms with E-state index in [2.05, 4.69) is 9.97 Å². The molecule has 0 bridgehead atoms. The third-order valence-electron chi connectivity index (χ3n) is 2.35. The van der Waals surface area contributed by atoms with E-state index in [-0.39, 0.29) is 6.10 Å². The number of hydrogen-bond acceptors (Lipinski definition) is 5. The van der Waals surface area contributed by atoms with Crippen molar-refractivity contribution in [2.24, 2.45) is 5.73 Å². The Balaban J connectivity index is 1.91. The molecule has 1 aliphatic rings. The first-order chi connectivity index (χ1) is 7.38. The minimum Gasteiger partial charge on any atom is -0.473 e. The highest BCUT2D eigenvalue weighted by atomic mass is 16.5. The van der Waals surface area contributed by atoms with Gasteiger partial charge in [0.05, 0.1) is 31.3 Å². The van der Waals surface area contributed by atoms with Crippen molar-refractivity contribution >= 4 is 0 Å². The molecule has 2 heterocycles. The van der Waals surface area contributed by atoms with E-state index in [0.717, 1.165) is 31.7 Å². The van der Waals surface area contributed by atoms with Gasteiger partial charge in [0.15, 0.2) is 0 Å². The van der Waals surface area contributed by atoms with Crippen LogP contribution in [0.5, 0.6) is 5.88 Å². The largest absolute Gasteiger partial charge is 0.473 e. The van der Waals surface area contributed by atoms with Gasteiger partial charge in [-0.2, -0.15) is 0 Å². The summed E-state index contributed by atoms with van der Waals surface area (Å²) in [5.41, 5.74) is 6.20. The molecule has 15 heavy (non-hydrogen) atoms. The second-order valence-electron chi connectivity index (χ2n) is 3.48. The second-order valence-corrected chi connectivity index (χ2v) is 3.48. The van der Waals surface area contributed by atoms with Gasteiger partial charge in [-0.15, -0.1) is 0 Å². The summed E-state index contributed by atoms with van der Waals surface area (Å²) in [5.74, 6) is 0.569. The van der Waals surface area contributed by atoms with Crippen molar-refractivity contribution in [3.8, 4) is 5.88 Å². The molecule has 0 amide bonds. The molecule has 5 nitrogen and oxygen atoms in total. The zero-order valence-corrected chi connectivity index (χ0v) is 8.56. The van der Waals surface area contributed by atoms with Crippen molar-refractivity contribution in [1.29, 1.82) is 0 Å². The van der Waals surface area contributed by atoms with E-state index in [1.165, 1.54) is 0 Å². The summed E-state index contributed by atoms with van der Waals surface area (Å²) in [4.78, 5) is 8.26. The number of nitrogens with two attached hydrogens (primary N) is 1. The molecule has 1 aromatic rings. The Morgan fingerprint density at radius 3 is 2.73 bits per heavy atom. The highest BCUT2D eigenvalue weighted by molar-refractivity contribution is 5.07. The molecular weight excluding hydrogens is 194 g/mol. The Kier molecular flexibility index (Phi) is 3.47. The summed E-state index contributed by atoms with van der Waals surface area (Å²) in [6.45, 7) is 1.93. The Labute approximate surface area is 88.6 Å². The van der Waals surface area contributed by atoms with Gasteiger partial charge in [0.25, 0.3) is 0 Å². The van der Waals surface area contributed by atoms with E-state index in [1.54, 1.807) is 12.4 Å². The number of ether oxygens (including phenoxy) is 2. The van der Waals surface area contributed by atoms with E-state index in [1.807, 2.05) is 0 Å². The van der Waals surface area contributed by atoms with Crippen LogP contribution in [-0.2, 0) is 11.3 Å². The van der Waals surface area contributed by atoms with Crippen molar-refractivity contribution in [2.75, 3.05) is 13.2 Å². The third-order valence-corrected chi connectivity index (χ3v) is 2.35. The number of nitrogens with zero attached hydrogens (tertiary/aromatic N) is 2. The monoisotopic (exact) mass is 209 g/mol. The van der Waals surface area contributed by atoms with Crippen LogP contribution in [0.15, 0.2) is 12.4 Å². The van der Waals surface area contributed by atoms with Gasteiger partial charge in [0.2, 0.25) is 5.88 Å². The summed E-state index contributed by atoms with van der Waals surface area (Å²) in [5, 5.41) is 0. The Morgan fingerprint density at radius 2 is 2.13 bits per heavy atom. The summed E-state index contributed by atoms with van der Waals surface area (Å²) in [6, 6.07) is 0. The van der Waals surface area contributed by atoms with Crippen LogP contribution in [0.25, 0.3) is 0 Å². The molecule has 0 radical (unpaired) electrons. The Bertz CT molecular complexity index is 296. The molecule has 82 valence electrons. The summed E-state index contributed by atoms with van der Waals surface area (Å²) < 4.78 is 10.9. The molecule has 2 N–H and O–H groups in total. The Morgan fingerprint density at radius 1 is 1.33 bits per heavy atom. The van der Waals surface area contributed by atoms with Gasteiger partial charge in [0, 0.05) is 19.4 Å². The van der Waals surface area contributed by atoms with Crippen LogP contribution in [0.1, 0.15) is 18.5 Å². The molecule has 5 heteroatoms. The van der Waals surface area contributed by atoms with Gasteiger partial charge in [-0.25, -0.2) is 4.98 Å². The predicted octanol–water partition coefficient (Wildman–Crippen LogP) is 0.493. The molecular formula is C10H15N3O2. The van der Waals surface area contributed by atoms with E-state index in [0.29, 0.717) is 12.4 Å². The molecule has 1 saturated heterocycles. The number of hydrogen-bond donors (Lipinski definition) is 1. The lowest BCUT2D eigenvalue weighted by Gasteiger charge is -2.22. The SMILES string of the molecule is NCc1cnc(OC2CCOCC2)cn1. The molecule has 0 aromatic carbocycles. The van der Waals surface area contributed by atoms with E-state index in [9.17, 15) is 0 Å². The van der Waals surface area contributed by atoms with E-state index >= 15 is 0 Å². The van der Waals surface area contributed by atoms with Crippen LogP contribution >= 0.6 is 0 Å². The third kappa shape index (κ3) is 2.87. The summed E-state index contributed by atoms with van der Waals surface area (Å²) >= 11 is 0. The molecule has 1 aromatic heterocycles. The molecule has 1 fully saturated rings. The average Bonchev–Trinajstić information content (AvgIpc) is 2.31. The first-order valence-electron chi connectivity index (χ1n) is 5.14. The van der Waals surface area contributed by atoms with Gasteiger partial charge >= 0.3 is 0 Å². The molecule has 0 saturated carbocycles. The van der Waals surface area contributed by atoms with Crippen LogP contribution in [0.2, 0.25) is 0 Å². The van der Waals surface area contributed by atoms with Gasteiger partial charge in [0.1, 0.15) is 6.10 Å². The highest BCUT2D eigenvalue weighted by Crippen LogP contribution is 2.14. The van der Waals surface area contributed by atoms with Gasteiger partial charge in [-0.3, -0.25) is 4.98 Å². The minimum atomic E-state index is 0.205. The maximum atomic E-state index is 5.66. The van der Waals surface area contributed by atoms with Crippen molar-refractivity contribution in [1.82, 2.24) is 9.97 Å². The fourth-order valence-electron chi connectivity index (χ4n) is 1.47. The normalized spacial score (nSPS) is 17.7. The summed E-state index contributed by atoms with van der Waals surface area (Å²) in [6.07, 6.45) is 5.31. The number of aromatic nitrogens is 2. The lowest BCUT2D eigenvalue weighted by atomic mass is 10.2. The van der Waals surface area contributed by atoms with Crippen LogP contribution in [0.4, 0.5) is 0 Å². The van der Waals surface area contributed by atoms with Gasteiger partial charge < -0.3 is 15.2 Å². The van der Waals surface area contributed by atoms with Crippen LogP contribution in [0, 0.1) is 0 Å². The van der Waals surface area contributed by atoms with Crippen molar-refractivity contribution in [2.45, 2.75) is 25.5 Å². The fraction of sp³-hybridized carbons (Fsp3) is 0.600. The maximum Gasteiger partial charge on any atom is 0.232 e. The summed E-state index contributed by atoms with van der Waals surface area (Å²) in [7, 11) is 0. The standard InChI is InChI=1S/C10H15N3O2/c11-5-8-6-13-10(7-12-8)15-9-1-3-14-4-2-9/h6-7,9H,1-5,11H2. The lowest BCUT2D eigenvalue weighted by Crippen LogP contribution is -2.26. The molecule has 0 aliphatic carbocycles. The minimum absolute atomic E-state index is 0.205. The van der Waals surface area contributed by atoms with Crippen LogP contribution in [0.3, 0.4) is 0 Å². The predicted molar refractivity (Wildman–Crippen MR) is 54.4 cm³/mol. The van der Waals surface area contributed by atoms with Crippen LogP contribution < -0.4 is 10.5 Å². The van der Waals surface area contributed by atoms with Gasteiger partial charge in [-0.1, -0.05) is 0 Å². The smallest absolute Gasteiger partial charge is 0.232 e. The van der Waals surface area contributed by atoms with Crippen molar-refractivity contribution in [3.05, 3.63) is 18.1 Å². The molecule has 0 spiro atoms. The second kappa shape index (κ2) is 5.04. The zero-order chi connectivity index (χ0) is 10.5. The van der Waals surface area contributed by atoms with E-state index in [4.69, 9.17) is 15.2 Å². The van der Waals surface area contributed by atoms with Gasteiger partial charge in [-0.05, 0) is 0 Å².